The lowest BCUT2D eigenvalue weighted by atomic mass is 10.1. The number of aromatic nitrogens is 1. The highest BCUT2D eigenvalue weighted by atomic mass is 79.9. The number of ketones is 1. The summed E-state index contributed by atoms with van der Waals surface area (Å²) in [6.07, 6.45) is 1.60. The molecule has 4 heteroatoms. The standard InChI is InChI=1S/C14H12BrNO2/c1-2-18-11-6-3-5-10(9-11)14(17)13-12(15)7-4-8-16-13/h3-9H,2H2,1H3. The summed E-state index contributed by atoms with van der Waals surface area (Å²) in [5.74, 6) is 0.569. The van der Waals surface area contributed by atoms with Gasteiger partial charge in [-0.2, -0.15) is 0 Å². The van der Waals surface area contributed by atoms with Gasteiger partial charge in [0.05, 0.1) is 6.61 Å². The Kier molecular flexibility index (Phi) is 4.10. The summed E-state index contributed by atoms with van der Waals surface area (Å²) < 4.78 is 6.07. The Morgan fingerprint density at radius 3 is 2.89 bits per heavy atom. The van der Waals surface area contributed by atoms with E-state index >= 15 is 0 Å². The van der Waals surface area contributed by atoms with E-state index in [4.69, 9.17) is 4.74 Å². The molecule has 0 saturated carbocycles. The fourth-order valence-corrected chi connectivity index (χ4v) is 2.02. The predicted molar refractivity (Wildman–Crippen MR) is 73.0 cm³/mol. The van der Waals surface area contributed by atoms with Crippen molar-refractivity contribution in [3.05, 3.63) is 58.3 Å². The van der Waals surface area contributed by atoms with E-state index in [1.807, 2.05) is 13.0 Å². The van der Waals surface area contributed by atoms with Crippen LogP contribution in [0.4, 0.5) is 0 Å². The predicted octanol–water partition coefficient (Wildman–Crippen LogP) is 3.47. The van der Waals surface area contributed by atoms with Gasteiger partial charge in [-0.15, -0.1) is 0 Å². The molecule has 0 spiro atoms. The first-order chi connectivity index (χ1) is 8.72. The Balaban J connectivity index is 2.34. The van der Waals surface area contributed by atoms with E-state index in [1.54, 1.807) is 36.5 Å². The van der Waals surface area contributed by atoms with Crippen LogP contribution in [0.5, 0.6) is 5.75 Å². The molecule has 0 aliphatic carbocycles. The number of carbonyl (C=O) groups is 1. The molecule has 2 aromatic rings. The van der Waals surface area contributed by atoms with Crippen LogP contribution in [0, 0.1) is 0 Å². The zero-order valence-electron chi connectivity index (χ0n) is 9.89. The number of benzene rings is 1. The molecule has 2 rings (SSSR count). The highest BCUT2D eigenvalue weighted by Gasteiger charge is 2.14. The maximum Gasteiger partial charge on any atom is 0.212 e. The number of ether oxygens (including phenoxy) is 1. The lowest BCUT2D eigenvalue weighted by Crippen LogP contribution is -2.05. The van der Waals surface area contributed by atoms with Crippen molar-refractivity contribution in [1.82, 2.24) is 4.98 Å². The number of nitrogens with zero attached hydrogens (tertiary/aromatic N) is 1. The fraction of sp³-hybridized carbons (Fsp3) is 0.143. The van der Waals surface area contributed by atoms with Gasteiger partial charge in [0.1, 0.15) is 11.4 Å². The van der Waals surface area contributed by atoms with Crippen molar-refractivity contribution in [3.8, 4) is 5.75 Å². The van der Waals surface area contributed by atoms with Gasteiger partial charge >= 0.3 is 0 Å². The smallest absolute Gasteiger partial charge is 0.212 e. The minimum atomic E-state index is -0.121. The number of hydrogen-bond acceptors (Lipinski definition) is 3. The molecule has 1 heterocycles. The second kappa shape index (κ2) is 5.78. The first kappa shape index (κ1) is 12.8. The van der Waals surface area contributed by atoms with Gasteiger partial charge in [-0.1, -0.05) is 12.1 Å². The highest BCUT2D eigenvalue weighted by molar-refractivity contribution is 9.10. The summed E-state index contributed by atoms with van der Waals surface area (Å²) in [4.78, 5) is 16.4. The van der Waals surface area contributed by atoms with Crippen molar-refractivity contribution in [2.75, 3.05) is 6.61 Å². The van der Waals surface area contributed by atoms with E-state index in [9.17, 15) is 4.79 Å². The van der Waals surface area contributed by atoms with Gasteiger partial charge in [0, 0.05) is 16.2 Å². The number of hydrogen-bond donors (Lipinski definition) is 0. The first-order valence-electron chi connectivity index (χ1n) is 5.60. The summed E-state index contributed by atoms with van der Waals surface area (Å²) in [6, 6.07) is 10.7. The number of pyridine rings is 1. The Morgan fingerprint density at radius 1 is 1.33 bits per heavy atom. The van der Waals surface area contributed by atoms with Crippen molar-refractivity contribution in [3.63, 3.8) is 0 Å². The van der Waals surface area contributed by atoms with Gasteiger partial charge in [-0.3, -0.25) is 9.78 Å². The lowest BCUT2D eigenvalue weighted by molar-refractivity contribution is 0.103. The average molecular weight is 306 g/mol. The summed E-state index contributed by atoms with van der Waals surface area (Å²) in [5.41, 5.74) is 0.978. The van der Waals surface area contributed by atoms with Gasteiger partial charge in [-0.25, -0.2) is 0 Å². The molecule has 0 aliphatic rings. The van der Waals surface area contributed by atoms with Crippen LogP contribution in [0.15, 0.2) is 47.1 Å². The average Bonchev–Trinajstić information content (AvgIpc) is 2.39. The summed E-state index contributed by atoms with van der Waals surface area (Å²) >= 11 is 3.33. The molecule has 0 unspecified atom stereocenters. The van der Waals surface area contributed by atoms with E-state index in [0.717, 1.165) is 0 Å². The van der Waals surface area contributed by atoms with Crippen LogP contribution in [0.1, 0.15) is 23.0 Å². The van der Waals surface area contributed by atoms with Crippen LogP contribution in [0.25, 0.3) is 0 Å². The van der Waals surface area contributed by atoms with Crippen LogP contribution >= 0.6 is 15.9 Å². The molecule has 0 aliphatic heterocycles. The van der Waals surface area contributed by atoms with Gasteiger partial charge in [-0.05, 0) is 47.1 Å². The molecule has 0 atom stereocenters. The molecule has 92 valence electrons. The maximum absolute atomic E-state index is 12.3. The van der Waals surface area contributed by atoms with Crippen molar-refractivity contribution in [2.45, 2.75) is 6.92 Å². The van der Waals surface area contributed by atoms with Gasteiger partial charge < -0.3 is 4.74 Å². The number of rotatable bonds is 4. The molecule has 1 aromatic heterocycles. The van der Waals surface area contributed by atoms with Crippen molar-refractivity contribution >= 4 is 21.7 Å². The van der Waals surface area contributed by atoms with Crippen molar-refractivity contribution in [2.24, 2.45) is 0 Å². The Labute approximate surface area is 114 Å². The van der Waals surface area contributed by atoms with Gasteiger partial charge in [0.2, 0.25) is 5.78 Å². The molecular formula is C14H12BrNO2. The van der Waals surface area contributed by atoms with E-state index in [1.165, 1.54) is 0 Å². The third kappa shape index (κ3) is 2.76. The van der Waals surface area contributed by atoms with Crippen LogP contribution in [0.2, 0.25) is 0 Å². The lowest BCUT2D eigenvalue weighted by Gasteiger charge is -2.06. The zero-order chi connectivity index (χ0) is 13.0. The molecule has 0 radical (unpaired) electrons. The van der Waals surface area contributed by atoms with Crippen LogP contribution in [0.3, 0.4) is 0 Å². The van der Waals surface area contributed by atoms with E-state index in [0.29, 0.717) is 28.1 Å². The first-order valence-corrected chi connectivity index (χ1v) is 6.39. The Hall–Kier alpha value is -1.68. The fourth-order valence-electron chi connectivity index (χ4n) is 1.58. The SMILES string of the molecule is CCOc1cccc(C(=O)c2ncccc2Br)c1. The third-order valence-corrected chi connectivity index (χ3v) is 3.02. The highest BCUT2D eigenvalue weighted by Crippen LogP contribution is 2.20. The molecule has 0 saturated heterocycles. The molecule has 18 heavy (non-hydrogen) atoms. The van der Waals surface area contributed by atoms with E-state index in [2.05, 4.69) is 20.9 Å². The van der Waals surface area contributed by atoms with Gasteiger partial charge in [0.25, 0.3) is 0 Å². The Morgan fingerprint density at radius 2 is 2.17 bits per heavy atom. The van der Waals surface area contributed by atoms with Crippen molar-refractivity contribution < 1.29 is 9.53 Å². The molecule has 0 bridgehead atoms. The molecule has 0 N–H and O–H groups in total. The Bertz CT molecular complexity index is 569. The molecular weight excluding hydrogens is 294 g/mol. The largest absolute Gasteiger partial charge is 0.494 e. The molecule has 0 fully saturated rings. The van der Waals surface area contributed by atoms with Crippen molar-refractivity contribution in [1.29, 1.82) is 0 Å². The zero-order valence-corrected chi connectivity index (χ0v) is 11.5. The van der Waals surface area contributed by atoms with Crippen LogP contribution < -0.4 is 4.74 Å². The minimum Gasteiger partial charge on any atom is -0.494 e. The van der Waals surface area contributed by atoms with E-state index < -0.39 is 0 Å². The molecule has 0 amide bonds. The molecule has 3 nitrogen and oxygen atoms in total. The maximum atomic E-state index is 12.3. The summed E-state index contributed by atoms with van der Waals surface area (Å²) in [6.45, 7) is 2.48. The summed E-state index contributed by atoms with van der Waals surface area (Å²) in [7, 11) is 0. The quantitative estimate of drug-likeness (QED) is 0.812. The minimum absolute atomic E-state index is 0.121. The third-order valence-electron chi connectivity index (χ3n) is 2.38. The second-order valence-electron chi connectivity index (χ2n) is 3.62. The summed E-state index contributed by atoms with van der Waals surface area (Å²) in [5, 5.41) is 0. The van der Waals surface area contributed by atoms with Crippen LogP contribution in [-0.2, 0) is 0 Å². The van der Waals surface area contributed by atoms with E-state index in [-0.39, 0.29) is 5.78 Å². The normalized spacial score (nSPS) is 10.1. The monoisotopic (exact) mass is 305 g/mol. The number of carbonyl (C=O) groups excluding carboxylic acids is 1. The topological polar surface area (TPSA) is 39.2 Å². The second-order valence-corrected chi connectivity index (χ2v) is 4.48. The van der Waals surface area contributed by atoms with Crippen LogP contribution in [-0.4, -0.2) is 17.4 Å². The number of halogens is 1. The molecule has 1 aromatic carbocycles. The van der Waals surface area contributed by atoms with Gasteiger partial charge in [0.15, 0.2) is 0 Å².